The lowest BCUT2D eigenvalue weighted by Crippen LogP contribution is -2.34. The number of amides is 1. The van der Waals surface area contributed by atoms with Gasteiger partial charge in [0.05, 0.1) is 27.6 Å². The molecule has 6 nitrogen and oxygen atoms in total. The van der Waals surface area contributed by atoms with Crippen molar-refractivity contribution in [3.8, 4) is 6.07 Å². The first kappa shape index (κ1) is 22.2. The maximum absolute atomic E-state index is 12.7. The number of aryl methyl sites for hydroxylation is 1. The minimum absolute atomic E-state index is 0.0623. The van der Waals surface area contributed by atoms with Gasteiger partial charge in [0.15, 0.2) is 0 Å². The van der Waals surface area contributed by atoms with Crippen LogP contribution in [-0.4, -0.2) is 19.1 Å². The van der Waals surface area contributed by atoms with E-state index in [1.807, 2.05) is 36.4 Å². The molecule has 0 heterocycles. The molecule has 2 rings (SSSR count). The summed E-state index contributed by atoms with van der Waals surface area (Å²) in [6, 6.07) is 16.0. The summed E-state index contributed by atoms with van der Waals surface area (Å²) >= 11 is 0. The third-order valence-corrected chi connectivity index (χ3v) is 6.39. The molecule has 0 unspecified atom stereocenters. The number of hydrogen-bond donors (Lipinski definition) is 2. The Morgan fingerprint density at radius 1 is 1.14 bits per heavy atom. The van der Waals surface area contributed by atoms with Crippen LogP contribution in [0.3, 0.4) is 0 Å². The smallest absolute Gasteiger partial charge is 0.257 e. The quantitative estimate of drug-likeness (QED) is 0.720. The maximum Gasteiger partial charge on any atom is 0.257 e. The topological polar surface area (TPSA) is 99.1 Å². The van der Waals surface area contributed by atoms with E-state index in [-0.39, 0.29) is 16.8 Å². The zero-order chi connectivity index (χ0) is 21.7. The Morgan fingerprint density at radius 3 is 2.38 bits per heavy atom. The first-order chi connectivity index (χ1) is 13.5. The van der Waals surface area contributed by atoms with Crippen LogP contribution in [0.15, 0.2) is 60.8 Å². The van der Waals surface area contributed by atoms with E-state index in [1.165, 1.54) is 18.2 Å². The molecule has 0 aliphatic carbocycles. The molecule has 0 bridgehead atoms. The molecule has 2 aromatic carbocycles. The van der Waals surface area contributed by atoms with Gasteiger partial charge in [-0.1, -0.05) is 36.9 Å². The SMILES string of the molecule is C=C(CCc1ccccc1)NC(=O)c1ccc(C#N)cc1NS(=O)(=O)C(C)(C)C. The Labute approximate surface area is 172 Å². The molecule has 1 amide bonds. The number of nitrogens with zero attached hydrogens (tertiary/aromatic N) is 1. The van der Waals surface area contributed by atoms with E-state index in [2.05, 4.69) is 16.6 Å². The van der Waals surface area contributed by atoms with E-state index < -0.39 is 20.7 Å². The average Bonchev–Trinajstić information content (AvgIpc) is 2.65. The zero-order valence-corrected chi connectivity index (χ0v) is 17.6. The fourth-order valence-corrected chi connectivity index (χ4v) is 3.19. The number of hydrogen-bond acceptors (Lipinski definition) is 4. The van der Waals surface area contributed by atoms with Crippen LogP contribution in [0, 0.1) is 11.3 Å². The molecule has 0 saturated carbocycles. The molecule has 0 aromatic heterocycles. The fourth-order valence-electron chi connectivity index (χ4n) is 2.42. The van der Waals surface area contributed by atoms with Gasteiger partial charge in [0.2, 0.25) is 10.0 Å². The van der Waals surface area contributed by atoms with E-state index >= 15 is 0 Å². The molecule has 152 valence electrons. The number of benzene rings is 2. The molecule has 0 radical (unpaired) electrons. The van der Waals surface area contributed by atoms with Crippen LogP contribution in [-0.2, 0) is 16.4 Å². The second kappa shape index (κ2) is 8.93. The van der Waals surface area contributed by atoms with Gasteiger partial charge in [-0.3, -0.25) is 9.52 Å². The molecule has 0 saturated heterocycles. The third kappa shape index (κ3) is 5.93. The van der Waals surface area contributed by atoms with Crippen LogP contribution in [0.4, 0.5) is 5.69 Å². The van der Waals surface area contributed by atoms with Gasteiger partial charge >= 0.3 is 0 Å². The first-order valence-electron chi connectivity index (χ1n) is 9.13. The minimum Gasteiger partial charge on any atom is -0.326 e. The Balaban J connectivity index is 2.19. The van der Waals surface area contributed by atoms with Gasteiger partial charge in [-0.2, -0.15) is 5.26 Å². The second-order valence-corrected chi connectivity index (χ2v) is 10.1. The summed E-state index contributed by atoms with van der Waals surface area (Å²) in [6.07, 6.45) is 1.27. The van der Waals surface area contributed by atoms with Gasteiger partial charge < -0.3 is 5.32 Å². The van der Waals surface area contributed by atoms with Crippen molar-refractivity contribution < 1.29 is 13.2 Å². The summed E-state index contributed by atoms with van der Waals surface area (Å²) in [5.41, 5.74) is 2.08. The normalized spacial score (nSPS) is 11.4. The van der Waals surface area contributed by atoms with E-state index in [4.69, 9.17) is 5.26 Å². The third-order valence-electron chi connectivity index (χ3n) is 4.29. The van der Waals surface area contributed by atoms with E-state index in [0.717, 1.165) is 12.0 Å². The maximum atomic E-state index is 12.7. The van der Waals surface area contributed by atoms with Crippen LogP contribution in [0.1, 0.15) is 48.7 Å². The lowest BCUT2D eigenvalue weighted by Gasteiger charge is -2.22. The Morgan fingerprint density at radius 2 is 1.79 bits per heavy atom. The highest BCUT2D eigenvalue weighted by atomic mass is 32.2. The van der Waals surface area contributed by atoms with E-state index in [0.29, 0.717) is 12.1 Å². The van der Waals surface area contributed by atoms with Gasteiger partial charge in [0, 0.05) is 5.70 Å². The number of nitriles is 1. The molecule has 29 heavy (non-hydrogen) atoms. The van der Waals surface area contributed by atoms with Crippen LogP contribution in [0.5, 0.6) is 0 Å². The summed E-state index contributed by atoms with van der Waals surface area (Å²) in [5, 5.41) is 11.8. The molecule has 0 spiro atoms. The highest BCUT2D eigenvalue weighted by molar-refractivity contribution is 7.94. The summed E-state index contributed by atoms with van der Waals surface area (Å²) in [5.74, 6) is -0.487. The van der Waals surface area contributed by atoms with Crippen molar-refractivity contribution in [2.75, 3.05) is 4.72 Å². The zero-order valence-electron chi connectivity index (χ0n) is 16.8. The van der Waals surface area contributed by atoms with Crippen LogP contribution >= 0.6 is 0 Å². The number of anilines is 1. The van der Waals surface area contributed by atoms with Crippen LogP contribution in [0.25, 0.3) is 0 Å². The Kier molecular flexibility index (Phi) is 6.83. The highest BCUT2D eigenvalue weighted by Gasteiger charge is 2.30. The standard InChI is InChI=1S/C22H25N3O3S/c1-16(10-11-17-8-6-5-7-9-17)24-21(26)19-13-12-18(15-23)14-20(19)25-29(27,28)22(2,3)4/h5-9,12-14,25H,1,10-11H2,2-4H3,(H,24,26). The van der Waals surface area contributed by atoms with Gasteiger partial charge in [-0.25, -0.2) is 8.42 Å². The molecule has 7 heteroatoms. The van der Waals surface area contributed by atoms with Crippen molar-refractivity contribution >= 4 is 21.6 Å². The fraction of sp³-hybridized carbons (Fsp3) is 0.273. The second-order valence-electron chi connectivity index (χ2n) is 7.63. The van der Waals surface area contributed by atoms with E-state index in [1.54, 1.807) is 20.8 Å². The van der Waals surface area contributed by atoms with Gasteiger partial charge in [-0.05, 0) is 57.4 Å². The number of allylic oxidation sites excluding steroid dienone is 1. The van der Waals surface area contributed by atoms with E-state index in [9.17, 15) is 13.2 Å². The number of rotatable bonds is 7. The predicted molar refractivity (Wildman–Crippen MR) is 115 cm³/mol. The van der Waals surface area contributed by atoms with Crippen LogP contribution in [0.2, 0.25) is 0 Å². The Hall–Kier alpha value is -3.11. The summed E-state index contributed by atoms with van der Waals surface area (Å²) in [4.78, 5) is 12.7. The van der Waals surface area contributed by atoms with Crippen LogP contribution < -0.4 is 10.0 Å². The average molecular weight is 412 g/mol. The summed E-state index contributed by atoms with van der Waals surface area (Å²) < 4.78 is 26.4. The molecule has 0 fully saturated rings. The monoisotopic (exact) mass is 411 g/mol. The molecule has 0 atom stereocenters. The van der Waals surface area contributed by atoms with Gasteiger partial charge in [-0.15, -0.1) is 0 Å². The summed E-state index contributed by atoms with van der Waals surface area (Å²) in [7, 11) is -3.77. The predicted octanol–water partition coefficient (Wildman–Crippen LogP) is 3.97. The number of sulfonamides is 1. The van der Waals surface area contributed by atoms with Gasteiger partial charge in [0.25, 0.3) is 5.91 Å². The molecule has 0 aliphatic rings. The lowest BCUT2D eigenvalue weighted by atomic mass is 10.1. The number of carbonyl (C=O) groups excluding carboxylic acids is 1. The van der Waals surface area contributed by atoms with Crippen molar-refractivity contribution in [1.29, 1.82) is 5.26 Å². The first-order valence-corrected chi connectivity index (χ1v) is 10.6. The summed E-state index contributed by atoms with van der Waals surface area (Å²) in [6.45, 7) is 8.54. The molecule has 0 aliphatic heterocycles. The number of carbonyl (C=O) groups is 1. The van der Waals surface area contributed by atoms with Crippen molar-refractivity contribution in [1.82, 2.24) is 5.32 Å². The van der Waals surface area contributed by atoms with Crippen molar-refractivity contribution in [3.63, 3.8) is 0 Å². The molecular weight excluding hydrogens is 386 g/mol. The molecular formula is C22H25N3O3S. The largest absolute Gasteiger partial charge is 0.326 e. The van der Waals surface area contributed by atoms with Crippen molar-refractivity contribution in [2.45, 2.75) is 38.4 Å². The van der Waals surface area contributed by atoms with Crippen molar-refractivity contribution in [3.05, 3.63) is 77.5 Å². The van der Waals surface area contributed by atoms with Crippen molar-refractivity contribution in [2.24, 2.45) is 0 Å². The minimum atomic E-state index is -3.77. The number of nitrogens with one attached hydrogen (secondary N) is 2. The highest BCUT2D eigenvalue weighted by Crippen LogP contribution is 2.24. The molecule has 2 aromatic rings. The molecule has 2 N–H and O–H groups in total. The van der Waals surface area contributed by atoms with Gasteiger partial charge in [0.1, 0.15) is 0 Å². The lowest BCUT2D eigenvalue weighted by molar-refractivity contribution is 0.0965. The Bertz CT molecular complexity index is 1050.